The Labute approximate surface area is 191 Å². The fourth-order valence-corrected chi connectivity index (χ4v) is 9.68. The number of benzene rings is 4. The summed E-state index contributed by atoms with van der Waals surface area (Å²) in [6.07, 6.45) is 2.14. The van der Waals surface area contributed by atoms with Crippen molar-refractivity contribution in [2.24, 2.45) is 0 Å². The molecule has 1 nitrogen and oxygen atoms in total. The number of hydrogen-bond donors (Lipinski definition) is 0. The quantitative estimate of drug-likeness (QED) is 0.299. The fraction of sp³-hybridized carbons (Fsp3) is 0.0333. The van der Waals surface area contributed by atoms with Crippen LogP contribution in [-0.4, -0.2) is 13.1 Å². The second kappa shape index (κ2) is 8.78. The normalized spacial score (nSPS) is 11.3. The van der Waals surface area contributed by atoms with Crippen molar-refractivity contribution in [1.29, 1.82) is 0 Å². The fourth-order valence-electron chi connectivity index (χ4n) is 4.75. The second-order valence-electron chi connectivity index (χ2n) is 8.10. The Kier molecular flexibility index (Phi) is 5.53. The smallest absolute Gasteiger partial charge is 0.181 e. The minimum absolute atomic E-state index is 1.02. The van der Waals surface area contributed by atoms with Crippen molar-refractivity contribution in [3.05, 3.63) is 139 Å². The van der Waals surface area contributed by atoms with E-state index in [0.717, 1.165) is 11.3 Å². The number of nitrogens with zero attached hydrogens (tertiary/aromatic N) is 1. The van der Waals surface area contributed by atoms with Gasteiger partial charge in [0.15, 0.2) is 8.07 Å². The van der Waals surface area contributed by atoms with Crippen molar-refractivity contribution in [3.63, 3.8) is 0 Å². The van der Waals surface area contributed by atoms with Crippen molar-refractivity contribution in [3.8, 4) is 11.3 Å². The molecule has 154 valence electrons. The Morgan fingerprint density at radius 2 is 0.938 bits per heavy atom. The Bertz CT molecular complexity index is 1200. The van der Waals surface area contributed by atoms with Crippen LogP contribution >= 0.6 is 0 Å². The van der Waals surface area contributed by atoms with Gasteiger partial charge in [-0.1, -0.05) is 121 Å². The topological polar surface area (TPSA) is 12.9 Å². The molecular formula is C30H25NSi. The SMILES string of the molecule is Cc1cc(-c2ccccc2)ncc1[Si](c1ccccc1)(c1ccccc1)c1ccccc1. The largest absolute Gasteiger partial charge is 0.256 e. The van der Waals surface area contributed by atoms with Gasteiger partial charge in [-0.3, -0.25) is 4.98 Å². The van der Waals surface area contributed by atoms with E-state index in [2.05, 4.69) is 134 Å². The first-order valence-corrected chi connectivity index (χ1v) is 13.0. The van der Waals surface area contributed by atoms with Gasteiger partial charge < -0.3 is 0 Å². The maximum absolute atomic E-state index is 4.99. The number of aryl methyl sites for hydroxylation is 1. The zero-order valence-corrected chi connectivity index (χ0v) is 19.1. The Morgan fingerprint density at radius 3 is 1.34 bits per heavy atom. The minimum atomic E-state index is -2.53. The molecule has 0 saturated heterocycles. The van der Waals surface area contributed by atoms with Crippen LogP contribution in [0.15, 0.2) is 134 Å². The van der Waals surface area contributed by atoms with Crippen LogP contribution in [0, 0.1) is 6.92 Å². The molecule has 2 heteroatoms. The van der Waals surface area contributed by atoms with Crippen LogP contribution in [-0.2, 0) is 0 Å². The third-order valence-electron chi connectivity index (χ3n) is 6.20. The highest BCUT2D eigenvalue weighted by Crippen LogP contribution is 2.18. The molecule has 0 aliphatic rings. The van der Waals surface area contributed by atoms with Crippen molar-refractivity contribution >= 4 is 28.8 Å². The van der Waals surface area contributed by atoms with Crippen molar-refractivity contribution in [2.75, 3.05) is 0 Å². The maximum Gasteiger partial charge on any atom is 0.181 e. The van der Waals surface area contributed by atoms with E-state index in [1.165, 1.54) is 26.3 Å². The molecule has 0 amide bonds. The van der Waals surface area contributed by atoms with Gasteiger partial charge in [0.1, 0.15) is 0 Å². The number of aromatic nitrogens is 1. The highest BCUT2D eigenvalue weighted by Gasteiger charge is 2.42. The Balaban J connectivity index is 1.83. The lowest BCUT2D eigenvalue weighted by Gasteiger charge is -2.35. The molecule has 0 radical (unpaired) electrons. The van der Waals surface area contributed by atoms with Crippen molar-refractivity contribution < 1.29 is 0 Å². The number of pyridine rings is 1. The van der Waals surface area contributed by atoms with E-state index in [9.17, 15) is 0 Å². The molecule has 32 heavy (non-hydrogen) atoms. The van der Waals surface area contributed by atoms with E-state index in [4.69, 9.17) is 4.98 Å². The van der Waals surface area contributed by atoms with Crippen LogP contribution in [0.25, 0.3) is 11.3 Å². The molecule has 0 bridgehead atoms. The van der Waals surface area contributed by atoms with Gasteiger partial charge in [0.25, 0.3) is 0 Å². The van der Waals surface area contributed by atoms with Gasteiger partial charge in [-0.15, -0.1) is 0 Å². The monoisotopic (exact) mass is 427 g/mol. The molecule has 5 rings (SSSR count). The van der Waals surface area contributed by atoms with E-state index >= 15 is 0 Å². The van der Waals surface area contributed by atoms with Gasteiger partial charge in [0, 0.05) is 11.8 Å². The molecule has 0 unspecified atom stereocenters. The first-order chi connectivity index (χ1) is 15.8. The number of rotatable bonds is 5. The van der Waals surface area contributed by atoms with Crippen molar-refractivity contribution in [2.45, 2.75) is 6.92 Å². The lowest BCUT2D eigenvalue weighted by atomic mass is 10.1. The van der Waals surface area contributed by atoms with Crippen LogP contribution in [0.3, 0.4) is 0 Å². The number of hydrogen-bond acceptors (Lipinski definition) is 1. The van der Waals surface area contributed by atoms with E-state index in [1.54, 1.807) is 0 Å². The summed E-state index contributed by atoms with van der Waals surface area (Å²) in [6, 6.07) is 45.6. The van der Waals surface area contributed by atoms with E-state index in [-0.39, 0.29) is 0 Å². The molecule has 0 aliphatic carbocycles. The Hall–Kier alpha value is -3.75. The summed E-state index contributed by atoms with van der Waals surface area (Å²) in [6.45, 7) is 2.24. The minimum Gasteiger partial charge on any atom is -0.256 e. The van der Waals surface area contributed by atoms with Crippen LogP contribution in [0.2, 0.25) is 0 Å². The standard InChI is InChI=1S/C30H25NSi/c1-24-22-29(25-14-6-2-7-15-25)31-23-30(24)32(26-16-8-3-9-17-26,27-18-10-4-11-19-27)28-20-12-5-13-21-28/h2-23H,1H3. The summed E-state index contributed by atoms with van der Waals surface area (Å²) in [5.41, 5.74) is 3.44. The molecule has 0 saturated carbocycles. The zero-order valence-electron chi connectivity index (χ0n) is 18.1. The summed E-state index contributed by atoms with van der Waals surface area (Å²) in [5, 5.41) is 5.44. The van der Waals surface area contributed by atoms with Gasteiger partial charge in [-0.25, -0.2) is 0 Å². The molecule has 0 fully saturated rings. The lowest BCUT2D eigenvalue weighted by molar-refractivity contribution is 1.31. The lowest BCUT2D eigenvalue weighted by Crippen LogP contribution is -2.75. The highest BCUT2D eigenvalue weighted by atomic mass is 28.3. The van der Waals surface area contributed by atoms with E-state index in [1.807, 2.05) is 6.07 Å². The molecule has 0 spiro atoms. The molecule has 4 aromatic carbocycles. The third-order valence-corrected chi connectivity index (χ3v) is 11.1. The zero-order chi connectivity index (χ0) is 21.8. The summed E-state index contributed by atoms with van der Waals surface area (Å²) in [4.78, 5) is 4.99. The maximum atomic E-state index is 4.99. The molecular weight excluding hydrogens is 402 g/mol. The van der Waals surface area contributed by atoms with Gasteiger partial charge in [0.05, 0.1) is 5.69 Å². The van der Waals surface area contributed by atoms with E-state index in [0.29, 0.717) is 0 Å². The van der Waals surface area contributed by atoms with Crippen LogP contribution in [0.4, 0.5) is 0 Å². The van der Waals surface area contributed by atoms with Gasteiger partial charge >= 0.3 is 0 Å². The molecule has 0 atom stereocenters. The average molecular weight is 428 g/mol. The molecule has 1 aromatic heterocycles. The van der Waals surface area contributed by atoms with Gasteiger partial charge in [0.2, 0.25) is 0 Å². The first kappa shape index (κ1) is 20.2. The molecule has 5 aromatic rings. The summed E-state index contributed by atoms with van der Waals surface area (Å²) in [7, 11) is -2.53. The van der Waals surface area contributed by atoms with Crippen LogP contribution in [0.5, 0.6) is 0 Å². The van der Waals surface area contributed by atoms with Crippen LogP contribution < -0.4 is 20.7 Å². The van der Waals surface area contributed by atoms with Gasteiger partial charge in [-0.05, 0) is 39.3 Å². The third kappa shape index (κ3) is 3.49. The molecule has 1 heterocycles. The predicted octanol–water partition coefficient (Wildman–Crippen LogP) is 4.43. The second-order valence-corrected chi connectivity index (χ2v) is 11.9. The van der Waals surface area contributed by atoms with E-state index < -0.39 is 8.07 Å². The predicted molar refractivity (Wildman–Crippen MR) is 138 cm³/mol. The highest BCUT2D eigenvalue weighted by molar-refractivity contribution is 7.20. The van der Waals surface area contributed by atoms with Crippen molar-refractivity contribution in [1.82, 2.24) is 4.98 Å². The summed E-state index contributed by atoms with van der Waals surface area (Å²) in [5.74, 6) is 0. The first-order valence-electron chi connectivity index (χ1n) is 11.0. The molecule has 0 aliphatic heterocycles. The summed E-state index contributed by atoms with van der Waals surface area (Å²) >= 11 is 0. The summed E-state index contributed by atoms with van der Waals surface area (Å²) < 4.78 is 0. The van der Waals surface area contributed by atoms with Gasteiger partial charge in [-0.2, -0.15) is 0 Å². The Morgan fingerprint density at radius 1 is 0.531 bits per heavy atom. The van der Waals surface area contributed by atoms with Crippen LogP contribution in [0.1, 0.15) is 5.56 Å². The molecule has 0 N–H and O–H groups in total. The average Bonchev–Trinajstić information content (AvgIpc) is 2.88.